The second-order valence-electron chi connectivity index (χ2n) is 8.00. The molecule has 0 aliphatic heterocycles. The summed E-state index contributed by atoms with van der Waals surface area (Å²) in [6.45, 7) is 3.64. The molecule has 198 valence electrons. The van der Waals surface area contributed by atoms with Crippen LogP contribution in [-0.4, -0.2) is 37.7 Å². The molecule has 0 heterocycles. The van der Waals surface area contributed by atoms with E-state index in [1.165, 1.54) is 13.3 Å². The Labute approximate surface area is 237 Å². The molecule has 0 aromatic heterocycles. The van der Waals surface area contributed by atoms with E-state index in [9.17, 15) is 14.4 Å². The Hall–Kier alpha value is -3.70. The van der Waals surface area contributed by atoms with Crippen molar-refractivity contribution >= 4 is 67.2 Å². The van der Waals surface area contributed by atoms with Crippen LogP contribution >= 0.6 is 31.9 Å². The zero-order chi connectivity index (χ0) is 27.7. The van der Waals surface area contributed by atoms with E-state index in [0.29, 0.717) is 39.3 Å². The lowest BCUT2D eigenvalue weighted by Crippen LogP contribution is -2.32. The Kier molecular flexibility index (Phi) is 10.4. The van der Waals surface area contributed by atoms with Crippen molar-refractivity contribution < 1.29 is 23.9 Å². The topological polar surface area (TPSA) is 118 Å². The predicted octanol–water partition coefficient (Wildman–Crippen LogP) is 5.20. The number of benzene rings is 3. The summed E-state index contributed by atoms with van der Waals surface area (Å²) in [5.74, 6) is -1.42. The lowest BCUT2D eigenvalue weighted by atomic mass is 10.1. The number of aryl methyl sites for hydroxylation is 2. The number of halogens is 2. The first-order valence-corrected chi connectivity index (χ1v) is 13.1. The number of para-hydroxylation sites is 1. The molecule has 9 nitrogen and oxygen atoms in total. The molecule has 3 aromatic rings. The molecule has 0 fully saturated rings. The van der Waals surface area contributed by atoms with Crippen LogP contribution < -0.4 is 25.5 Å². The van der Waals surface area contributed by atoms with Gasteiger partial charge in [0, 0.05) is 15.8 Å². The van der Waals surface area contributed by atoms with Gasteiger partial charge in [-0.15, -0.1) is 0 Å². The van der Waals surface area contributed by atoms with Gasteiger partial charge in [-0.25, -0.2) is 5.43 Å². The van der Waals surface area contributed by atoms with Crippen molar-refractivity contribution in [2.24, 2.45) is 5.10 Å². The first-order valence-electron chi connectivity index (χ1n) is 11.5. The molecule has 0 saturated carbocycles. The summed E-state index contributed by atoms with van der Waals surface area (Å²) in [5.41, 5.74) is 5.89. The fourth-order valence-corrected chi connectivity index (χ4v) is 4.18. The van der Waals surface area contributed by atoms with Gasteiger partial charge in [0.2, 0.25) is 0 Å². The molecule has 11 heteroatoms. The minimum atomic E-state index is -0.912. The molecular formula is C27H26Br2N4O5. The predicted molar refractivity (Wildman–Crippen MR) is 154 cm³/mol. The van der Waals surface area contributed by atoms with Crippen LogP contribution in [0.3, 0.4) is 0 Å². The number of nitrogens with one attached hydrogen (secondary N) is 3. The zero-order valence-corrected chi connectivity index (χ0v) is 24.1. The van der Waals surface area contributed by atoms with Gasteiger partial charge in [0.25, 0.3) is 5.91 Å². The van der Waals surface area contributed by atoms with Gasteiger partial charge in [-0.2, -0.15) is 5.10 Å². The quantitative estimate of drug-likeness (QED) is 0.168. The summed E-state index contributed by atoms with van der Waals surface area (Å²) in [7, 11) is 1.46. The smallest absolute Gasteiger partial charge is 0.329 e. The normalized spacial score (nSPS) is 10.7. The summed E-state index contributed by atoms with van der Waals surface area (Å²) >= 11 is 6.84. The van der Waals surface area contributed by atoms with Gasteiger partial charge in [-0.1, -0.05) is 41.1 Å². The number of carbonyl (C=O) groups is 3. The third-order valence-electron chi connectivity index (χ3n) is 5.27. The van der Waals surface area contributed by atoms with Crippen molar-refractivity contribution in [3.05, 3.63) is 80.2 Å². The van der Waals surface area contributed by atoms with Crippen LogP contribution in [0.15, 0.2) is 68.6 Å². The highest BCUT2D eigenvalue weighted by molar-refractivity contribution is 9.10. The molecule has 3 amide bonds. The van der Waals surface area contributed by atoms with E-state index < -0.39 is 11.8 Å². The Morgan fingerprint density at radius 1 is 0.974 bits per heavy atom. The van der Waals surface area contributed by atoms with Crippen molar-refractivity contribution in [3.8, 4) is 11.5 Å². The maximum Gasteiger partial charge on any atom is 0.329 e. The second kappa shape index (κ2) is 13.7. The average Bonchev–Trinajstić information content (AvgIpc) is 2.90. The minimum absolute atomic E-state index is 0.246. The largest absolute Gasteiger partial charge is 0.493 e. The van der Waals surface area contributed by atoms with Gasteiger partial charge < -0.3 is 20.1 Å². The summed E-state index contributed by atoms with van der Waals surface area (Å²) in [5, 5.41) is 9.22. The highest BCUT2D eigenvalue weighted by atomic mass is 79.9. The van der Waals surface area contributed by atoms with Gasteiger partial charge >= 0.3 is 11.8 Å². The highest BCUT2D eigenvalue weighted by Gasteiger charge is 2.16. The fraction of sp³-hybridized carbons (Fsp3) is 0.185. The summed E-state index contributed by atoms with van der Waals surface area (Å²) in [6, 6.07) is 16.0. The SMILES string of the molecule is CCc1ccccc1NC(=O)C(=O)N/N=C\c1cc(Br)c(OCC(=O)Nc2ccc(Br)c(C)c2)c(OC)c1. The lowest BCUT2D eigenvalue weighted by molar-refractivity contribution is -0.136. The number of methoxy groups -OCH3 is 1. The van der Waals surface area contributed by atoms with Crippen molar-refractivity contribution in [1.29, 1.82) is 0 Å². The molecule has 0 bridgehead atoms. The van der Waals surface area contributed by atoms with Gasteiger partial charge in [-0.05, 0) is 82.4 Å². The first kappa shape index (κ1) is 28.9. The maximum absolute atomic E-state index is 12.4. The number of rotatable bonds is 9. The van der Waals surface area contributed by atoms with E-state index in [0.717, 1.165) is 15.6 Å². The number of amides is 3. The van der Waals surface area contributed by atoms with E-state index in [-0.39, 0.29) is 12.5 Å². The highest BCUT2D eigenvalue weighted by Crippen LogP contribution is 2.36. The van der Waals surface area contributed by atoms with Crippen LogP contribution in [0.2, 0.25) is 0 Å². The van der Waals surface area contributed by atoms with Gasteiger partial charge in [0.15, 0.2) is 18.1 Å². The Morgan fingerprint density at radius 2 is 1.74 bits per heavy atom. The molecule has 3 N–H and O–H groups in total. The van der Waals surface area contributed by atoms with Crippen LogP contribution in [0.4, 0.5) is 11.4 Å². The molecule has 3 rings (SSSR count). The second-order valence-corrected chi connectivity index (χ2v) is 9.71. The van der Waals surface area contributed by atoms with Crippen LogP contribution in [0.1, 0.15) is 23.6 Å². The molecule has 0 atom stereocenters. The third kappa shape index (κ3) is 7.90. The molecular weight excluding hydrogens is 620 g/mol. The number of carbonyl (C=O) groups excluding carboxylic acids is 3. The van der Waals surface area contributed by atoms with Crippen LogP contribution in [0, 0.1) is 6.92 Å². The van der Waals surface area contributed by atoms with Crippen molar-refractivity contribution in [3.63, 3.8) is 0 Å². The minimum Gasteiger partial charge on any atom is -0.493 e. The van der Waals surface area contributed by atoms with Crippen LogP contribution in [-0.2, 0) is 20.8 Å². The van der Waals surface area contributed by atoms with E-state index in [2.05, 4.69) is 53.0 Å². The summed E-state index contributed by atoms with van der Waals surface area (Å²) < 4.78 is 12.5. The number of ether oxygens (including phenoxy) is 2. The van der Waals surface area contributed by atoms with Crippen molar-refractivity contribution in [1.82, 2.24) is 5.43 Å². The molecule has 0 spiro atoms. The van der Waals surface area contributed by atoms with Gasteiger partial charge in [0.1, 0.15) is 0 Å². The molecule has 0 aliphatic rings. The first-order chi connectivity index (χ1) is 18.2. The Bertz CT molecular complexity index is 1380. The van der Waals surface area contributed by atoms with Crippen molar-refractivity contribution in [2.75, 3.05) is 24.4 Å². The number of nitrogens with zero attached hydrogens (tertiary/aromatic N) is 1. The molecule has 0 radical (unpaired) electrons. The molecule has 0 saturated heterocycles. The lowest BCUT2D eigenvalue weighted by Gasteiger charge is -2.14. The summed E-state index contributed by atoms with van der Waals surface area (Å²) in [4.78, 5) is 36.8. The molecule has 38 heavy (non-hydrogen) atoms. The van der Waals surface area contributed by atoms with Crippen LogP contribution in [0.5, 0.6) is 11.5 Å². The third-order valence-corrected chi connectivity index (χ3v) is 6.75. The van der Waals surface area contributed by atoms with Crippen molar-refractivity contribution in [2.45, 2.75) is 20.3 Å². The Morgan fingerprint density at radius 3 is 2.45 bits per heavy atom. The average molecular weight is 646 g/mol. The number of hydrazone groups is 1. The molecule has 0 unspecified atom stereocenters. The Balaban J connectivity index is 1.59. The zero-order valence-electron chi connectivity index (χ0n) is 20.9. The fourth-order valence-electron chi connectivity index (χ4n) is 3.36. The van der Waals surface area contributed by atoms with E-state index in [4.69, 9.17) is 9.47 Å². The summed E-state index contributed by atoms with van der Waals surface area (Å²) in [6.07, 6.45) is 2.06. The van der Waals surface area contributed by atoms with Gasteiger partial charge in [-0.3, -0.25) is 14.4 Å². The molecule has 3 aromatic carbocycles. The van der Waals surface area contributed by atoms with E-state index in [1.807, 2.05) is 38.1 Å². The number of hydrogen-bond donors (Lipinski definition) is 3. The molecule has 0 aliphatic carbocycles. The monoisotopic (exact) mass is 644 g/mol. The van der Waals surface area contributed by atoms with Gasteiger partial charge in [0.05, 0.1) is 17.8 Å². The number of anilines is 2. The van der Waals surface area contributed by atoms with E-state index in [1.54, 1.807) is 30.3 Å². The van der Waals surface area contributed by atoms with Crippen LogP contribution in [0.25, 0.3) is 0 Å². The standard InChI is InChI=1S/C27H26Br2N4O5/c1-4-18-7-5-6-8-22(18)32-26(35)27(36)33-30-14-17-12-21(29)25(23(13-17)37-3)38-15-24(34)31-19-9-10-20(28)16(2)11-19/h5-14H,4,15H2,1-3H3,(H,31,34)(H,32,35)(H,33,36)/b30-14-. The number of hydrogen-bond acceptors (Lipinski definition) is 6. The maximum atomic E-state index is 12.4. The van der Waals surface area contributed by atoms with E-state index >= 15 is 0 Å².